The number of pyridine rings is 1. The van der Waals surface area contributed by atoms with Crippen LogP contribution in [0.3, 0.4) is 0 Å². The minimum atomic E-state index is 0.537. The van der Waals surface area contributed by atoms with Crippen molar-refractivity contribution < 1.29 is 0 Å². The number of nitrogens with zero attached hydrogens (tertiary/aromatic N) is 2. The number of hydrogen-bond acceptors (Lipinski definition) is 2. The van der Waals surface area contributed by atoms with Crippen molar-refractivity contribution in [2.24, 2.45) is 52.8 Å². The first-order valence-electron chi connectivity index (χ1n) is 12.8. The Kier molecular flexibility index (Phi) is 5.45. The number of nitriles is 1. The normalized spacial score (nSPS) is 43.7. The molecule has 4 fully saturated rings. The van der Waals surface area contributed by atoms with Gasteiger partial charge in [-0.3, -0.25) is 4.98 Å². The summed E-state index contributed by atoms with van der Waals surface area (Å²) in [5.74, 6) is 7.61. The Hall–Kier alpha value is -1.36. The van der Waals surface area contributed by atoms with E-state index in [9.17, 15) is 5.26 Å². The summed E-state index contributed by atoms with van der Waals surface area (Å²) < 4.78 is 0. The van der Waals surface area contributed by atoms with Gasteiger partial charge in [-0.05, 0) is 122 Å². The van der Waals surface area contributed by atoms with Crippen LogP contribution in [0, 0.1) is 64.1 Å². The molecule has 1 aromatic heterocycles. The predicted octanol–water partition coefficient (Wildman–Crippen LogP) is 7.04. The molecule has 4 aliphatic rings. The highest BCUT2D eigenvalue weighted by atomic mass is 14.6. The van der Waals surface area contributed by atoms with E-state index in [1.807, 2.05) is 6.20 Å². The van der Waals surface area contributed by atoms with Gasteiger partial charge >= 0.3 is 0 Å². The van der Waals surface area contributed by atoms with Gasteiger partial charge in [0.15, 0.2) is 0 Å². The highest BCUT2D eigenvalue weighted by Crippen LogP contribution is 2.65. The summed E-state index contributed by atoms with van der Waals surface area (Å²) in [5.41, 5.74) is 2.49. The van der Waals surface area contributed by atoms with Crippen LogP contribution in [-0.2, 0) is 6.42 Å². The summed E-state index contributed by atoms with van der Waals surface area (Å²) in [7, 11) is 0. The van der Waals surface area contributed by atoms with Crippen LogP contribution in [0.15, 0.2) is 18.5 Å². The molecule has 0 radical (unpaired) electrons. The van der Waals surface area contributed by atoms with Gasteiger partial charge in [0.05, 0.1) is 5.56 Å². The van der Waals surface area contributed by atoms with Gasteiger partial charge in [0.1, 0.15) is 6.07 Å². The van der Waals surface area contributed by atoms with E-state index in [0.717, 1.165) is 47.8 Å². The molecule has 3 unspecified atom stereocenters. The van der Waals surface area contributed by atoms with Gasteiger partial charge in [0, 0.05) is 12.4 Å². The second kappa shape index (κ2) is 7.96. The van der Waals surface area contributed by atoms with E-state index in [1.165, 1.54) is 63.4 Å². The predicted molar refractivity (Wildman–Crippen MR) is 122 cm³/mol. The van der Waals surface area contributed by atoms with E-state index >= 15 is 0 Å². The first-order valence-corrected chi connectivity index (χ1v) is 12.8. The number of rotatable bonds is 3. The quantitative estimate of drug-likeness (QED) is 0.542. The van der Waals surface area contributed by atoms with Gasteiger partial charge in [0.25, 0.3) is 0 Å². The zero-order valence-electron chi connectivity index (χ0n) is 19.3. The second-order valence-corrected chi connectivity index (χ2v) is 12.0. The summed E-state index contributed by atoms with van der Waals surface area (Å²) in [6.07, 6.45) is 18.2. The van der Waals surface area contributed by atoms with Crippen LogP contribution < -0.4 is 0 Å². The van der Waals surface area contributed by atoms with Gasteiger partial charge in [-0.1, -0.05) is 27.2 Å². The molecule has 0 N–H and O–H groups in total. The van der Waals surface area contributed by atoms with Gasteiger partial charge in [-0.2, -0.15) is 5.26 Å². The van der Waals surface area contributed by atoms with Gasteiger partial charge in [0.2, 0.25) is 0 Å². The maximum atomic E-state index is 9.22. The molecule has 162 valence electrons. The Morgan fingerprint density at radius 2 is 1.90 bits per heavy atom. The van der Waals surface area contributed by atoms with Crippen LogP contribution in [0.1, 0.15) is 89.7 Å². The van der Waals surface area contributed by atoms with Crippen molar-refractivity contribution in [1.29, 1.82) is 5.26 Å². The molecule has 0 amide bonds. The summed E-state index contributed by atoms with van der Waals surface area (Å²) >= 11 is 0. The van der Waals surface area contributed by atoms with Crippen molar-refractivity contribution in [2.75, 3.05) is 0 Å². The maximum Gasteiger partial charge on any atom is 0.101 e. The molecule has 0 aromatic carbocycles. The van der Waals surface area contributed by atoms with Gasteiger partial charge in [-0.15, -0.1) is 0 Å². The lowest BCUT2D eigenvalue weighted by atomic mass is 9.48. The lowest BCUT2D eigenvalue weighted by Gasteiger charge is -2.56. The van der Waals surface area contributed by atoms with E-state index in [2.05, 4.69) is 37.9 Å². The monoisotopic (exact) mass is 404 g/mol. The molecule has 2 heteroatoms. The van der Waals surface area contributed by atoms with Gasteiger partial charge < -0.3 is 0 Å². The molecule has 0 aliphatic heterocycles. The Morgan fingerprint density at radius 1 is 1.07 bits per heavy atom. The molecule has 9 atom stereocenters. The summed E-state index contributed by atoms with van der Waals surface area (Å²) in [5, 5.41) is 9.22. The molecule has 30 heavy (non-hydrogen) atoms. The third kappa shape index (κ3) is 3.41. The van der Waals surface area contributed by atoms with Crippen molar-refractivity contribution in [3.63, 3.8) is 0 Å². The number of aromatic nitrogens is 1. The highest BCUT2D eigenvalue weighted by Gasteiger charge is 2.57. The maximum absolute atomic E-state index is 9.22. The van der Waals surface area contributed by atoms with Crippen LogP contribution in [0.2, 0.25) is 0 Å². The molecule has 0 spiro atoms. The molecule has 2 nitrogen and oxygen atoms in total. The fourth-order valence-electron chi connectivity index (χ4n) is 9.24. The molecule has 0 bridgehead atoms. The average molecular weight is 405 g/mol. The third-order valence-electron chi connectivity index (χ3n) is 10.5. The minimum Gasteiger partial charge on any atom is -0.263 e. The van der Waals surface area contributed by atoms with Crippen molar-refractivity contribution >= 4 is 0 Å². The molecular weight excluding hydrogens is 364 g/mol. The zero-order valence-corrected chi connectivity index (χ0v) is 19.3. The van der Waals surface area contributed by atoms with Crippen LogP contribution in [-0.4, -0.2) is 4.98 Å². The smallest absolute Gasteiger partial charge is 0.101 e. The van der Waals surface area contributed by atoms with E-state index < -0.39 is 0 Å². The first kappa shape index (κ1) is 20.5. The van der Waals surface area contributed by atoms with E-state index in [-0.39, 0.29) is 0 Å². The Bertz CT molecular complexity index is 809. The molecule has 1 aromatic rings. The lowest BCUT2D eigenvalue weighted by Crippen LogP contribution is -2.49. The van der Waals surface area contributed by atoms with Crippen LogP contribution in [0.5, 0.6) is 0 Å². The molecule has 4 saturated carbocycles. The van der Waals surface area contributed by atoms with Crippen molar-refractivity contribution in [1.82, 2.24) is 4.98 Å². The van der Waals surface area contributed by atoms with Crippen molar-refractivity contribution in [3.8, 4) is 6.07 Å². The summed E-state index contributed by atoms with van der Waals surface area (Å²) in [6, 6.07) is 4.31. The van der Waals surface area contributed by atoms with Crippen LogP contribution in [0.25, 0.3) is 0 Å². The van der Waals surface area contributed by atoms with Crippen LogP contribution in [0.4, 0.5) is 0 Å². The van der Waals surface area contributed by atoms with Crippen molar-refractivity contribution in [2.45, 2.75) is 85.0 Å². The third-order valence-corrected chi connectivity index (χ3v) is 10.5. The Morgan fingerprint density at radius 3 is 2.73 bits per heavy atom. The number of fused-ring (bicyclic) bond motifs is 5. The zero-order chi connectivity index (χ0) is 20.9. The van der Waals surface area contributed by atoms with E-state index in [1.54, 1.807) is 6.20 Å². The SMILES string of the molecule is C[C@H]1CC[C@@H]2C3CC[C@@]4(C)C(CCC4[C@H](C)Cc4cncc(C#N)c4)[C@@H]3CC[C@@H]2C1. The minimum absolute atomic E-state index is 0.537. The topological polar surface area (TPSA) is 36.7 Å². The average Bonchev–Trinajstić information content (AvgIpc) is 3.10. The fourth-order valence-corrected chi connectivity index (χ4v) is 9.24. The molecular formula is C28H40N2. The standard InChI is InChI=1S/C28H40N2/c1-18-4-6-23-22(12-18)5-7-25-24(23)10-11-28(3)26(8-9-27(25)28)19(2)13-20-14-21(15-29)17-30-16-20/h14,16-19,22-27H,4-13H2,1-3H3/t18-,19+,22+,23-,24?,25+,26?,27?,28+/m0/s1. The number of hydrogen-bond donors (Lipinski definition) is 0. The second-order valence-electron chi connectivity index (χ2n) is 12.0. The summed E-state index contributed by atoms with van der Waals surface area (Å²) in [6.45, 7) is 7.63. The molecule has 4 aliphatic carbocycles. The summed E-state index contributed by atoms with van der Waals surface area (Å²) in [4.78, 5) is 4.31. The van der Waals surface area contributed by atoms with Crippen LogP contribution >= 0.6 is 0 Å². The van der Waals surface area contributed by atoms with Crippen molar-refractivity contribution in [3.05, 3.63) is 29.6 Å². The highest BCUT2D eigenvalue weighted by molar-refractivity contribution is 5.29. The lowest BCUT2D eigenvalue weighted by molar-refractivity contribution is -0.0727. The van der Waals surface area contributed by atoms with Gasteiger partial charge in [-0.25, -0.2) is 0 Å². The fraction of sp³-hybridized carbons (Fsp3) is 0.786. The first-order chi connectivity index (χ1) is 14.5. The molecule has 1 heterocycles. The Balaban J connectivity index is 1.31. The Labute approximate surface area is 183 Å². The largest absolute Gasteiger partial charge is 0.263 e. The van der Waals surface area contributed by atoms with E-state index in [0.29, 0.717) is 16.9 Å². The van der Waals surface area contributed by atoms with E-state index in [4.69, 9.17) is 0 Å². The molecule has 5 rings (SSSR count). The molecule has 0 saturated heterocycles.